The average Bonchev–Trinajstić information content (AvgIpc) is 2.12. The van der Waals surface area contributed by atoms with Crippen LogP contribution in [-0.2, 0) is 0 Å². The fraction of sp³-hybridized carbons (Fsp3) is 0. The first-order chi connectivity index (χ1) is 6.18. The van der Waals surface area contributed by atoms with Crippen molar-refractivity contribution in [1.82, 2.24) is 10.2 Å². The van der Waals surface area contributed by atoms with Crippen molar-refractivity contribution in [3.8, 4) is 0 Å². The molecule has 0 radical (unpaired) electrons. The molecule has 0 saturated carbocycles. The lowest BCUT2D eigenvalue weighted by Crippen LogP contribution is -1.86. The van der Waals surface area contributed by atoms with Crippen molar-refractivity contribution < 1.29 is 0 Å². The summed E-state index contributed by atoms with van der Waals surface area (Å²) in [5.41, 5.74) is 0.734. The van der Waals surface area contributed by atoms with Crippen LogP contribution in [0.1, 0.15) is 0 Å². The van der Waals surface area contributed by atoms with Gasteiger partial charge in [-0.1, -0.05) is 39.1 Å². The van der Waals surface area contributed by atoms with Crippen LogP contribution in [0.25, 0.3) is 10.9 Å². The molecular formula is C8H3BrCl2N2. The van der Waals surface area contributed by atoms with E-state index in [9.17, 15) is 0 Å². The van der Waals surface area contributed by atoms with Crippen LogP contribution in [0.3, 0.4) is 0 Å². The lowest BCUT2D eigenvalue weighted by molar-refractivity contribution is 1.08. The smallest absolute Gasteiger partial charge is 0.149 e. The second-order valence-electron chi connectivity index (χ2n) is 2.47. The zero-order valence-corrected chi connectivity index (χ0v) is 9.36. The summed E-state index contributed by atoms with van der Waals surface area (Å²) in [6, 6.07) is 5.56. The summed E-state index contributed by atoms with van der Waals surface area (Å²) in [6.45, 7) is 0. The number of nitrogens with zero attached hydrogens (tertiary/aromatic N) is 2. The van der Waals surface area contributed by atoms with Gasteiger partial charge in [0.25, 0.3) is 0 Å². The SMILES string of the molecule is Clc1nnc2ccc(Br)cc2c1Cl. The van der Waals surface area contributed by atoms with Crippen LogP contribution in [0.4, 0.5) is 0 Å². The monoisotopic (exact) mass is 276 g/mol. The number of fused-ring (bicyclic) bond motifs is 1. The molecule has 0 atom stereocenters. The van der Waals surface area contributed by atoms with Gasteiger partial charge in [0.2, 0.25) is 0 Å². The third kappa shape index (κ3) is 1.64. The first-order valence-corrected chi connectivity index (χ1v) is 5.00. The molecule has 2 rings (SSSR count). The van der Waals surface area contributed by atoms with Gasteiger partial charge in [-0.3, -0.25) is 0 Å². The second kappa shape index (κ2) is 3.40. The maximum Gasteiger partial charge on any atom is 0.170 e. The quantitative estimate of drug-likeness (QED) is 0.734. The summed E-state index contributed by atoms with van der Waals surface area (Å²) in [4.78, 5) is 0. The van der Waals surface area contributed by atoms with Crippen LogP contribution in [0.15, 0.2) is 22.7 Å². The Morgan fingerprint density at radius 3 is 2.69 bits per heavy atom. The minimum atomic E-state index is 0.229. The van der Waals surface area contributed by atoms with E-state index >= 15 is 0 Å². The Balaban J connectivity index is 2.89. The van der Waals surface area contributed by atoms with Gasteiger partial charge in [0, 0.05) is 9.86 Å². The molecule has 2 nitrogen and oxygen atoms in total. The third-order valence-corrected chi connectivity index (χ3v) is 2.86. The highest BCUT2D eigenvalue weighted by molar-refractivity contribution is 9.10. The molecule has 0 unspecified atom stereocenters. The summed E-state index contributed by atoms with van der Waals surface area (Å²) >= 11 is 15.0. The number of hydrogen-bond donors (Lipinski definition) is 0. The van der Waals surface area contributed by atoms with Crippen molar-refractivity contribution in [2.45, 2.75) is 0 Å². The normalized spacial score (nSPS) is 10.7. The van der Waals surface area contributed by atoms with E-state index < -0.39 is 0 Å². The fourth-order valence-electron chi connectivity index (χ4n) is 1.02. The predicted molar refractivity (Wildman–Crippen MR) is 57.3 cm³/mol. The second-order valence-corrected chi connectivity index (χ2v) is 4.12. The number of rotatable bonds is 0. The van der Waals surface area contributed by atoms with Crippen LogP contribution in [0.5, 0.6) is 0 Å². The molecular weight excluding hydrogens is 275 g/mol. The molecule has 0 aliphatic carbocycles. The number of aromatic nitrogens is 2. The molecule has 66 valence electrons. The van der Waals surface area contributed by atoms with E-state index in [-0.39, 0.29) is 5.15 Å². The fourth-order valence-corrected chi connectivity index (χ4v) is 1.71. The van der Waals surface area contributed by atoms with Crippen molar-refractivity contribution in [1.29, 1.82) is 0 Å². The van der Waals surface area contributed by atoms with Gasteiger partial charge >= 0.3 is 0 Å². The maximum atomic E-state index is 5.94. The summed E-state index contributed by atoms with van der Waals surface area (Å²) < 4.78 is 0.936. The van der Waals surface area contributed by atoms with Crippen LogP contribution in [0.2, 0.25) is 10.2 Å². The minimum Gasteiger partial charge on any atom is -0.149 e. The molecule has 2 aromatic rings. The molecule has 1 aromatic carbocycles. The molecule has 0 N–H and O–H groups in total. The molecule has 0 amide bonds. The highest BCUT2D eigenvalue weighted by atomic mass is 79.9. The van der Waals surface area contributed by atoms with E-state index in [1.165, 1.54) is 0 Å². The van der Waals surface area contributed by atoms with Gasteiger partial charge in [0.1, 0.15) is 0 Å². The molecule has 0 bridgehead atoms. The Hall–Kier alpha value is -0.380. The molecule has 0 aliphatic heterocycles. The van der Waals surface area contributed by atoms with Crippen molar-refractivity contribution in [3.63, 3.8) is 0 Å². The van der Waals surface area contributed by atoms with Crippen molar-refractivity contribution in [2.75, 3.05) is 0 Å². The van der Waals surface area contributed by atoms with E-state index in [1.54, 1.807) is 0 Å². The molecule has 0 fully saturated rings. The highest BCUT2D eigenvalue weighted by Crippen LogP contribution is 2.29. The van der Waals surface area contributed by atoms with E-state index in [0.717, 1.165) is 15.4 Å². The average molecular weight is 278 g/mol. The Bertz CT molecular complexity index is 468. The van der Waals surface area contributed by atoms with Crippen LogP contribution >= 0.6 is 39.1 Å². The minimum absolute atomic E-state index is 0.229. The van der Waals surface area contributed by atoms with Gasteiger partial charge in [0.15, 0.2) is 5.15 Å². The molecule has 1 heterocycles. The van der Waals surface area contributed by atoms with E-state index in [1.807, 2.05) is 18.2 Å². The van der Waals surface area contributed by atoms with E-state index in [2.05, 4.69) is 26.1 Å². The van der Waals surface area contributed by atoms with Gasteiger partial charge < -0.3 is 0 Å². The van der Waals surface area contributed by atoms with Crippen LogP contribution < -0.4 is 0 Å². The van der Waals surface area contributed by atoms with Crippen molar-refractivity contribution in [2.24, 2.45) is 0 Å². The van der Waals surface area contributed by atoms with Crippen LogP contribution in [0, 0.1) is 0 Å². The Labute approximate surface area is 93.0 Å². The molecule has 0 aliphatic rings. The number of halogens is 3. The summed E-state index contributed by atoms with van der Waals surface area (Å²) in [7, 11) is 0. The lowest BCUT2D eigenvalue weighted by atomic mass is 10.2. The Morgan fingerprint density at radius 2 is 1.92 bits per heavy atom. The lowest BCUT2D eigenvalue weighted by Gasteiger charge is -2.00. The van der Waals surface area contributed by atoms with Crippen molar-refractivity contribution in [3.05, 3.63) is 32.8 Å². The predicted octanol–water partition coefficient (Wildman–Crippen LogP) is 3.70. The van der Waals surface area contributed by atoms with E-state index in [0.29, 0.717) is 5.02 Å². The zero-order chi connectivity index (χ0) is 9.42. The van der Waals surface area contributed by atoms with Gasteiger partial charge in [0.05, 0.1) is 10.5 Å². The largest absolute Gasteiger partial charge is 0.170 e. The molecule has 0 saturated heterocycles. The summed E-state index contributed by atoms with van der Waals surface area (Å²) in [5, 5.41) is 9.07. The topological polar surface area (TPSA) is 25.8 Å². The molecule has 5 heteroatoms. The Morgan fingerprint density at radius 1 is 1.15 bits per heavy atom. The van der Waals surface area contributed by atoms with Crippen LogP contribution in [-0.4, -0.2) is 10.2 Å². The first kappa shape index (κ1) is 9.19. The first-order valence-electron chi connectivity index (χ1n) is 3.45. The molecule has 1 aromatic heterocycles. The standard InChI is InChI=1S/C8H3BrCl2N2/c9-4-1-2-6-5(3-4)7(10)8(11)13-12-6/h1-3H. The Kier molecular flexibility index (Phi) is 2.41. The zero-order valence-electron chi connectivity index (χ0n) is 6.26. The highest BCUT2D eigenvalue weighted by Gasteiger charge is 2.06. The number of benzene rings is 1. The molecule has 0 spiro atoms. The van der Waals surface area contributed by atoms with Gasteiger partial charge in [-0.15, -0.1) is 10.2 Å². The maximum absolute atomic E-state index is 5.94. The molecule has 13 heavy (non-hydrogen) atoms. The van der Waals surface area contributed by atoms with Gasteiger partial charge in [-0.2, -0.15) is 0 Å². The summed E-state index contributed by atoms with van der Waals surface area (Å²) in [6.07, 6.45) is 0. The van der Waals surface area contributed by atoms with Crippen molar-refractivity contribution >= 4 is 50.0 Å². The summed E-state index contributed by atoms with van der Waals surface area (Å²) in [5.74, 6) is 0. The van der Waals surface area contributed by atoms with Gasteiger partial charge in [-0.25, -0.2) is 0 Å². The van der Waals surface area contributed by atoms with Gasteiger partial charge in [-0.05, 0) is 18.2 Å². The third-order valence-electron chi connectivity index (χ3n) is 1.62. The van der Waals surface area contributed by atoms with E-state index in [4.69, 9.17) is 23.2 Å². The number of hydrogen-bond acceptors (Lipinski definition) is 2.